The maximum atomic E-state index is 12.6. The highest BCUT2D eigenvalue weighted by Crippen LogP contribution is 2.26. The maximum absolute atomic E-state index is 12.6. The fraction of sp³-hybridized carbons (Fsp3) is 0.842. The number of amides is 3. The normalized spacial score (nSPS) is 21.3. The minimum Gasteiger partial charge on any atom is -0.354 e. The zero-order chi connectivity index (χ0) is 18.8. The van der Waals surface area contributed by atoms with Gasteiger partial charge in [-0.3, -0.25) is 14.4 Å². The van der Waals surface area contributed by atoms with Gasteiger partial charge in [-0.2, -0.15) is 0 Å². The number of nitrogens with zero attached hydrogens (tertiary/aromatic N) is 1. The predicted octanol–water partition coefficient (Wildman–Crippen LogP) is 0.919. The molecule has 1 aliphatic carbocycles. The molecule has 0 aromatic heterocycles. The van der Waals surface area contributed by atoms with Crippen molar-refractivity contribution in [2.75, 3.05) is 26.2 Å². The fourth-order valence-corrected chi connectivity index (χ4v) is 3.99. The van der Waals surface area contributed by atoms with Crippen LogP contribution < -0.4 is 16.4 Å². The minimum absolute atomic E-state index is 0.00761. The van der Waals surface area contributed by atoms with Crippen LogP contribution in [0.1, 0.15) is 64.2 Å². The van der Waals surface area contributed by atoms with E-state index in [-0.39, 0.29) is 30.3 Å². The van der Waals surface area contributed by atoms with Crippen molar-refractivity contribution >= 4 is 17.7 Å². The van der Waals surface area contributed by atoms with Crippen molar-refractivity contribution in [2.45, 2.75) is 70.3 Å². The van der Waals surface area contributed by atoms with Crippen LogP contribution in [-0.4, -0.2) is 54.8 Å². The second kappa shape index (κ2) is 11.2. The minimum atomic E-state index is -0.0775. The summed E-state index contributed by atoms with van der Waals surface area (Å²) in [4.78, 5) is 38.1. The molecule has 0 bridgehead atoms. The molecule has 1 unspecified atom stereocenters. The van der Waals surface area contributed by atoms with Crippen LogP contribution in [0.25, 0.3) is 0 Å². The molecule has 7 nitrogen and oxygen atoms in total. The molecule has 7 heteroatoms. The Balaban J connectivity index is 1.74. The molecule has 26 heavy (non-hydrogen) atoms. The number of rotatable bonds is 8. The number of piperidine rings is 1. The molecule has 1 aliphatic heterocycles. The first-order valence-corrected chi connectivity index (χ1v) is 10.1. The average Bonchev–Trinajstić information content (AvgIpc) is 2.66. The summed E-state index contributed by atoms with van der Waals surface area (Å²) < 4.78 is 0. The molecule has 1 heterocycles. The van der Waals surface area contributed by atoms with E-state index >= 15 is 0 Å². The van der Waals surface area contributed by atoms with Crippen LogP contribution >= 0.6 is 0 Å². The molecule has 0 spiro atoms. The van der Waals surface area contributed by atoms with Gasteiger partial charge in [0.05, 0.1) is 6.54 Å². The zero-order valence-corrected chi connectivity index (χ0v) is 15.8. The lowest BCUT2D eigenvalue weighted by molar-refractivity contribution is -0.136. The van der Waals surface area contributed by atoms with Crippen LogP contribution in [0.3, 0.4) is 0 Å². The monoisotopic (exact) mass is 366 g/mol. The summed E-state index contributed by atoms with van der Waals surface area (Å²) in [6, 6.07) is 0.00761. The Bertz CT molecular complexity index is 477. The Hall–Kier alpha value is -1.63. The summed E-state index contributed by atoms with van der Waals surface area (Å²) in [7, 11) is 0. The summed E-state index contributed by atoms with van der Waals surface area (Å²) >= 11 is 0. The van der Waals surface area contributed by atoms with Crippen molar-refractivity contribution in [3.8, 4) is 0 Å². The number of nitrogens with two attached hydrogens (primary N) is 1. The highest BCUT2D eigenvalue weighted by atomic mass is 16.2. The van der Waals surface area contributed by atoms with Crippen LogP contribution in [0.15, 0.2) is 0 Å². The molecule has 2 aliphatic rings. The maximum Gasteiger partial charge on any atom is 0.242 e. The Morgan fingerprint density at radius 2 is 1.65 bits per heavy atom. The molecule has 4 N–H and O–H groups in total. The van der Waals surface area contributed by atoms with E-state index in [1.807, 2.05) is 4.90 Å². The highest BCUT2D eigenvalue weighted by molar-refractivity contribution is 5.85. The third-order valence-electron chi connectivity index (χ3n) is 5.49. The number of hydrogen-bond acceptors (Lipinski definition) is 4. The quantitative estimate of drug-likeness (QED) is 0.594. The predicted molar refractivity (Wildman–Crippen MR) is 100 cm³/mol. The van der Waals surface area contributed by atoms with Gasteiger partial charge < -0.3 is 21.3 Å². The van der Waals surface area contributed by atoms with Gasteiger partial charge in [-0.25, -0.2) is 0 Å². The van der Waals surface area contributed by atoms with Gasteiger partial charge in [0.1, 0.15) is 0 Å². The van der Waals surface area contributed by atoms with E-state index in [2.05, 4.69) is 10.6 Å². The molecule has 1 atom stereocenters. The number of carbonyl (C=O) groups is 3. The molecule has 1 saturated heterocycles. The molecule has 0 aromatic rings. The van der Waals surface area contributed by atoms with Crippen LogP contribution in [0.4, 0.5) is 0 Å². The van der Waals surface area contributed by atoms with E-state index < -0.39 is 0 Å². The fourth-order valence-electron chi connectivity index (χ4n) is 3.99. The first kappa shape index (κ1) is 20.7. The van der Waals surface area contributed by atoms with Gasteiger partial charge in [0.2, 0.25) is 17.7 Å². The molecule has 148 valence electrons. The standard InChI is InChI=1S/C19H34N4O3/c20-10-9-17(24)21-13-16-8-4-5-11-23(16)19(26)14-22-18(25)12-15-6-2-1-3-7-15/h15-16H,1-14,20H2,(H,21,24)(H,22,25). The van der Waals surface area contributed by atoms with Gasteiger partial charge in [0.25, 0.3) is 0 Å². The van der Waals surface area contributed by atoms with E-state index in [0.717, 1.165) is 32.1 Å². The van der Waals surface area contributed by atoms with Gasteiger partial charge in [0.15, 0.2) is 0 Å². The molecular weight excluding hydrogens is 332 g/mol. The first-order chi connectivity index (χ1) is 12.6. The van der Waals surface area contributed by atoms with Crippen molar-refractivity contribution in [1.29, 1.82) is 0 Å². The molecule has 2 rings (SSSR count). The van der Waals surface area contributed by atoms with Gasteiger partial charge >= 0.3 is 0 Å². The number of likely N-dealkylation sites (tertiary alicyclic amines) is 1. The Morgan fingerprint density at radius 3 is 2.38 bits per heavy atom. The van der Waals surface area contributed by atoms with Crippen LogP contribution in [0, 0.1) is 5.92 Å². The van der Waals surface area contributed by atoms with E-state index in [1.54, 1.807) is 0 Å². The van der Waals surface area contributed by atoms with Crippen molar-refractivity contribution in [1.82, 2.24) is 15.5 Å². The summed E-state index contributed by atoms with van der Waals surface area (Å²) in [6.07, 6.45) is 9.67. The molecule has 1 saturated carbocycles. The molecule has 3 amide bonds. The summed E-state index contributed by atoms with van der Waals surface area (Å²) in [5.74, 6) is 0.320. The second-order valence-corrected chi connectivity index (χ2v) is 7.56. The number of hydrogen-bond donors (Lipinski definition) is 3. The highest BCUT2D eigenvalue weighted by Gasteiger charge is 2.27. The van der Waals surface area contributed by atoms with Gasteiger partial charge in [-0.05, 0) is 38.0 Å². The van der Waals surface area contributed by atoms with Crippen LogP contribution in [0.2, 0.25) is 0 Å². The molecule has 0 aromatic carbocycles. The largest absolute Gasteiger partial charge is 0.354 e. The lowest BCUT2D eigenvalue weighted by Crippen LogP contribution is -2.52. The Labute approximate surface area is 156 Å². The smallest absolute Gasteiger partial charge is 0.242 e. The third kappa shape index (κ3) is 6.94. The summed E-state index contributed by atoms with van der Waals surface area (Å²) in [5, 5.41) is 5.66. The topological polar surface area (TPSA) is 105 Å². The van der Waals surface area contributed by atoms with E-state index in [9.17, 15) is 14.4 Å². The lowest BCUT2D eigenvalue weighted by atomic mass is 9.87. The summed E-state index contributed by atoms with van der Waals surface area (Å²) in [5.41, 5.74) is 5.38. The Kier molecular flexibility index (Phi) is 8.88. The van der Waals surface area contributed by atoms with Crippen molar-refractivity contribution < 1.29 is 14.4 Å². The first-order valence-electron chi connectivity index (χ1n) is 10.1. The number of carbonyl (C=O) groups excluding carboxylic acids is 3. The van der Waals surface area contributed by atoms with Gasteiger partial charge in [-0.15, -0.1) is 0 Å². The van der Waals surface area contributed by atoms with Crippen molar-refractivity contribution in [2.24, 2.45) is 11.7 Å². The lowest BCUT2D eigenvalue weighted by Gasteiger charge is -2.36. The molecule has 0 radical (unpaired) electrons. The van der Waals surface area contributed by atoms with Gasteiger partial charge in [-0.1, -0.05) is 19.3 Å². The van der Waals surface area contributed by atoms with Crippen molar-refractivity contribution in [3.05, 3.63) is 0 Å². The average molecular weight is 367 g/mol. The number of nitrogens with one attached hydrogen (secondary N) is 2. The SMILES string of the molecule is NCCC(=O)NCC1CCCCN1C(=O)CNC(=O)CC1CCCCC1. The van der Waals surface area contributed by atoms with E-state index in [0.29, 0.717) is 38.4 Å². The summed E-state index contributed by atoms with van der Waals surface area (Å²) in [6.45, 7) is 1.53. The van der Waals surface area contributed by atoms with E-state index in [4.69, 9.17) is 5.73 Å². The van der Waals surface area contributed by atoms with E-state index in [1.165, 1.54) is 19.3 Å². The molecular formula is C19H34N4O3. The van der Waals surface area contributed by atoms with Crippen LogP contribution in [-0.2, 0) is 14.4 Å². The third-order valence-corrected chi connectivity index (χ3v) is 5.49. The van der Waals surface area contributed by atoms with Crippen molar-refractivity contribution in [3.63, 3.8) is 0 Å². The Morgan fingerprint density at radius 1 is 0.923 bits per heavy atom. The zero-order valence-electron chi connectivity index (χ0n) is 15.8. The van der Waals surface area contributed by atoms with Gasteiger partial charge in [0, 0.05) is 38.5 Å². The van der Waals surface area contributed by atoms with Crippen LogP contribution in [0.5, 0.6) is 0 Å². The second-order valence-electron chi connectivity index (χ2n) is 7.56. The molecule has 2 fully saturated rings.